The quantitative estimate of drug-likeness (QED) is 0.739. The molecule has 0 spiro atoms. The van der Waals surface area contributed by atoms with Gasteiger partial charge in [0.25, 0.3) is 0 Å². The third-order valence-electron chi connectivity index (χ3n) is 2.57. The third kappa shape index (κ3) is 1.90. The van der Waals surface area contributed by atoms with Gasteiger partial charge < -0.3 is 10.8 Å². The summed E-state index contributed by atoms with van der Waals surface area (Å²) in [6.07, 6.45) is 0.647. The van der Waals surface area contributed by atoms with Crippen LogP contribution < -0.4 is 5.73 Å². The van der Waals surface area contributed by atoms with Crippen LogP contribution in [-0.4, -0.2) is 11.7 Å². The molecule has 2 nitrogen and oxygen atoms in total. The molecule has 0 aromatic heterocycles. The summed E-state index contributed by atoms with van der Waals surface area (Å²) in [5.74, 6) is 0. The van der Waals surface area contributed by atoms with E-state index in [0.29, 0.717) is 6.42 Å². The van der Waals surface area contributed by atoms with E-state index in [9.17, 15) is 5.11 Å². The highest BCUT2D eigenvalue weighted by atomic mass is 16.3. The number of hydrogen-bond acceptors (Lipinski definition) is 2. The van der Waals surface area contributed by atoms with Crippen molar-refractivity contribution in [1.29, 1.82) is 0 Å². The minimum Gasteiger partial charge on any atom is -0.384 e. The second-order valence-electron chi connectivity index (χ2n) is 3.40. The summed E-state index contributed by atoms with van der Waals surface area (Å²) in [5, 5.41) is 10.2. The second-order valence-corrected chi connectivity index (χ2v) is 3.40. The zero-order valence-electron chi connectivity index (χ0n) is 8.25. The summed E-state index contributed by atoms with van der Waals surface area (Å²) in [4.78, 5) is 0. The van der Waals surface area contributed by atoms with Crippen molar-refractivity contribution in [3.05, 3.63) is 35.4 Å². The van der Waals surface area contributed by atoms with E-state index in [1.807, 2.05) is 38.1 Å². The SMILES string of the molecule is CCC(O)(CN)c1ccccc1C. The summed E-state index contributed by atoms with van der Waals surface area (Å²) in [6.45, 7) is 4.21. The smallest absolute Gasteiger partial charge is 0.102 e. The molecule has 0 aliphatic heterocycles. The first-order chi connectivity index (χ1) is 6.14. The van der Waals surface area contributed by atoms with Crippen LogP contribution in [0, 0.1) is 6.92 Å². The summed E-state index contributed by atoms with van der Waals surface area (Å²) < 4.78 is 0. The van der Waals surface area contributed by atoms with Gasteiger partial charge in [0.2, 0.25) is 0 Å². The minimum atomic E-state index is -0.856. The standard InChI is InChI=1S/C11H17NO/c1-3-11(13,8-12)10-7-5-4-6-9(10)2/h4-7,13H,3,8,12H2,1-2H3. The molecule has 0 aliphatic rings. The maximum Gasteiger partial charge on any atom is 0.102 e. The third-order valence-corrected chi connectivity index (χ3v) is 2.57. The van der Waals surface area contributed by atoms with E-state index >= 15 is 0 Å². The lowest BCUT2D eigenvalue weighted by Crippen LogP contribution is -2.34. The first-order valence-electron chi connectivity index (χ1n) is 4.62. The predicted octanol–water partition coefficient (Wildman–Crippen LogP) is 1.55. The second kappa shape index (κ2) is 3.90. The molecule has 1 aromatic rings. The van der Waals surface area contributed by atoms with Crippen LogP contribution in [0.2, 0.25) is 0 Å². The molecule has 3 N–H and O–H groups in total. The fourth-order valence-electron chi connectivity index (χ4n) is 1.54. The number of rotatable bonds is 3. The zero-order valence-corrected chi connectivity index (χ0v) is 8.25. The van der Waals surface area contributed by atoms with Gasteiger partial charge in [-0.15, -0.1) is 0 Å². The molecule has 0 fully saturated rings. The fourth-order valence-corrected chi connectivity index (χ4v) is 1.54. The number of nitrogens with two attached hydrogens (primary N) is 1. The number of benzene rings is 1. The molecular formula is C11H17NO. The van der Waals surface area contributed by atoms with Gasteiger partial charge >= 0.3 is 0 Å². The molecule has 1 rings (SSSR count). The molecule has 0 aliphatic carbocycles. The Morgan fingerprint density at radius 1 is 1.38 bits per heavy atom. The molecule has 2 heteroatoms. The van der Waals surface area contributed by atoms with Crippen LogP contribution in [-0.2, 0) is 5.60 Å². The Labute approximate surface area is 79.4 Å². The Morgan fingerprint density at radius 3 is 2.46 bits per heavy atom. The Hall–Kier alpha value is -0.860. The molecular weight excluding hydrogens is 162 g/mol. The van der Waals surface area contributed by atoms with Gasteiger partial charge in [0.1, 0.15) is 5.60 Å². The van der Waals surface area contributed by atoms with Crippen molar-refractivity contribution in [2.24, 2.45) is 5.73 Å². The lowest BCUT2D eigenvalue weighted by atomic mass is 9.88. The number of aliphatic hydroxyl groups is 1. The highest BCUT2D eigenvalue weighted by molar-refractivity contribution is 5.31. The Kier molecular flexibility index (Phi) is 3.07. The van der Waals surface area contributed by atoms with Crippen LogP contribution in [0.4, 0.5) is 0 Å². The summed E-state index contributed by atoms with van der Waals surface area (Å²) in [6, 6.07) is 7.82. The summed E-state index contributed by atoms with van der Waals surface area (Å²) >= 11 is 0. The molecule has 72 valence electrons. The Balaban J connectivity index is 3.12. The van der Waals surface area contributed by atoms with Gasteiger partial charge in [0.05, 0.1) is 0 Å². The molecule has 0 saturated carbocycles. The van der Waals surface area contributed by atoms with E-state index in [1.165, 1.54) is 0 Å². The lowest BCUT2D eigenvalue weighted by molar-refractivity contribution is 0.0412. The van der Waals surface area contributed by atoms with Crippen molar-refractivity contribution in [2.45, 2.75) is 25.9 Å². The monoisotopic (exact) mass is 179 g/mol. The van der Waals surface area contributed by atoms with Gasteiger partial charge in [0, 0.05) is 6.54 Å². The molecule has 0 bridgehead atoms. The normalized spacial score (nSPS) is 15.4. The first kappa shape index (κ1) is 10.2. The largest absolute Gasteiger partial charge is 0.384 e. The van der Waals surface area contributed by atoms with Crippen molar-refractivity contribution in [3.63, 3.8) is 0 Å². The average Bonchev–Trinajstić information content (AvgIpc) is 2.17. The maximum atomic E-state index is 10.2. The fraction of sp³-hybridized carbons (Fsp3) is 0.455. The molecule has 1 atom stereocenters. The van der Waals surface area contributed by atoms with Gasteiger partial charge in [-0.05, 0) is 24.5 Å². The summed E-state index contributed by atoms with van der Waals surface area (Å²) in [5.41, 5.74) is 6.75. The van der Waals surface area contributed by atoms with E-state index in [1.54, 1.807) is 0 Å². The van der Waals surface area contributed by atoms with Crippen LogP contribution >= 0.6 is 0 Å². The molecule has 1 aromatic carbocycles. The van der Waals surface area contributed by atoms with Crippen molar-refractivity contribution in [2.75, 3.05) is 6.54 Å². The molecule has 1 unspecified atom stereocenters. The summed E-state index contributed by atoms with van der Waals surface area (Å²) in [7, 11) is 0. The van der Waals surface area contributed by atoms with Crippen LogP contribution in [0.15, 0.2) is 24.3 Å². The average molecular weight is 179 g/mol. The van der Waals surface area contributed by atoms with Crippen molar-refractivity contribution in [3.8, 4) is 0 Å². The topological polar surface area (TPSA) is 46.2 Å². The van der Waals surface area contributed by atoms with Gasteiger partial charge in [-0.2, -0.15) is 0 Å². The number of aryl methyl sites for hydroxylation is 1. The highest BCUT2D eigenvalue weighted by Gasteiger charge is 2.26. The Morgan fingerprint density at radius 2 is 2.00 bits per heavy atom. The first-order valence-corrected chi connectivity index (χ1v) is 4.62. The van der Waals surface area contributed by atoms with Crippen molar-refractivity contribution >= 4 is 0 Å². The van der Waals surface area contributed by atoms with E-state index in [4.69, 9.17) is 5.73 Å². The van der Waals surface area contributed by atoms with E-state index in [0.717, 1.165) is 11.1 Å². The van der Waals surface area contributed by atoms with Crippen molar-refractivity contribution in [1.82, 2.24) is 0 Å². The van der Waals surface area contributed by atoms with Gasteiger partial charge in [-0.25, -0.2) is 0 Å². The van der Waals surface area contributed by atoms with Crippen molar-refractivity contribution < 1.29 is 5.11 Å². The van der Waals surface area contributed by atoms with Crippen LogP contribution in [0.5, 0.6) is 0 Å². The lowest BCUT2D eigenvalue weighted by Gasteiger charge is -2.27. The van der Waals surface area contributed by atoms with Gasteiger partial charge in [-0.1, -0.05) is 31.2 Å². The molecule has 0 amide bonds. The molecule has 0 radical (unpaired) electrons. The van der Waals surface area contributed by atoms with E-state index in [-0.39, 0.29) is 6.54 Å². The van der Waals surface area contributed by atoms with Gasteiger partial charge in [-0.3, -0.25) is 0 Å². The zero-order chi connectivity index (χ0) is 9.90. The predicted molar refractivity (Wildman–Crippen MR) is 54.4 cm³/mol. The van der Waals surface area contributed by atoms with Crippen LogP contribution in [0.1, 0.15) is 24.5 Å². The van der Waals surface area contributed by atoms with Gasteiger partial charge in [0.15, 0.2) is 0 Å². The highest BCUT2D eigenvalue weighted by Crippen LogP contribution is 2.26. The minimum absolute atomic E-state index is 0.272. The molecule has 0 heterocycles. The number of hydrogen-bond donors (Lipinski definition) is 2. The van der Waals surface area contributed by atoms with Crippen LogP contribution in [0.3, 0.4) is 0 Å². The maximum absolute atomic E-state index is 10.2. The Bertz CT molecular complexity index is 279. The molecule has 0 saturated heterocycles. The van der Waals surface area contributed by atoms with E-state index < -0.39 is 5.60 Å². The van der Waals surface area contributed by atoms with Crippen LogP contribution in [0.25, 0.3) is 0 Å². The molecule has 13 heavy (non-hydrogen) atoms. The van der Waals surface area contributed by atoms with E-state index in [2.05, 4.69) is 0 Å².